The van der Waals surface area contributed by atoms with Crippen molar-refractivity contribution in [3.8, 4) is 5.75 Å². The van der Waals surface area contributed by atoms with Crippen molar-refractivity contribution in [1.29, 1.82) is 0 Å². The number of methoxy groups -OCH3 is 1. The minimum atomic E-state index is -4.22. The first-order valence-corrected chi connectivity index (χ1v) is 4.86. The quantitative estimate of drug-likeness (QED) is 0.918. The Morgan fingerprint density at radius 1 is 1.40 bits per heavy atom. The van der Waals surface area contributed by atoms with Crippen LogP contribution in [0, 0.1) is 0 Å². The SMILES string of the molecule is COc1ccc(NCC(F)(F)F)cc1Br. The smallest absolute Gasteiger partial charge is 0.405 e. The van der Waals surface area contributed by atoms with E-state index in [2.05, 4.69) is 21.2 Å². The highest BCUT2D eigenvalue weighted by molar-refractivity contribution is 9.10. The first-order chi connectivity index (χ1) is 6.92. The summed E-state index contributed by atoms with van der Waals surface area (Å²) in [6.45, 7) is -1.05. The standard InChI is InChI=1S/C9H9BrF3NO/c1-15-8-3-2-6(4-7(8)10)14-5-9(11,12)13/h2-4,14H,5H2,1H3. The average Bonchev–Trinajstić information content (AvgIpc) is 2.14. The van der Waals surface area contributed by atoms with E-state index in [0.717, 1.165) is 0 Å². The molecule has 0 unspecified atom stereocenters. The molecule has 0 fully saturated rings. The van der Waals surface area contributed by atoms with Gasteiger partial charge in [0, 0.05) is 5.69 Å². The molecule has 0 saturated heterocycles. The number of alkyl halides is 3. The average molecular weight is 284 g/mol. The zero-order valence-corrected chi connectivity index (χ0v) is 9.45. The highest BCUT2D eigenvalue weighted by Crippen LogP contribution is 2.28. The van der Waals surface area contributed by atoms with Crippen LogP contribution in [-0.2, 0) is 0 Å². The molecule has 2 nitrogen and oxygen atoms in total. The monoisotopic (exact) mass is 283 g/mol. The second kappa shape index (κ2) is 4.74. The van der Waals surface area contributed by atoms with Crippen LogP contribution in [0.4, 0.5) is 18.9 Å². The van der Waals surface area contributed by atoms with E-state index >= 15 is 0 Å². The lowest BCUT2D eigenvalue weighted by atomic mass is 10.3. The van der Waals surface area contributed by atoms with Gasteiger partial charge in [-0.2, -0.15) is 13.2 Å². The number of benzene rings is 1. The van der Waals surface area contributed by atoms with Crippen LogP contribution >= 0.6 is 15.9 Å². The van der Waals surface area contributed by atoms with E-state index < -0.39 is 12.7 Å². The number of nitrogens with one attached hydrogen (secondary N) is 1. The fourth-order valence-electron chi connectivity index (χ4n) is 0.979. The van der Waals surface area contributed by atoms with Gasteiger partial charge in [0.25, 0.3) is 0 Å². The summed E-state index contributed by atoms with van der Waals surface area (Å²) in [5.41, 5.74) is 0.389. The molecule has 0 aliphatic heterocycles. The van der Waals surface area contributed by atoms with Crippen molar-refractivity contribution in [3.63, 3.8) is 0 Å². The molecule has 0 radical (unpaired) electrons. The van der Waals surface area contributed by atoms with Crippen LogP contribution in [0.25, 0.3) is 0 Å². The number of ether oxygens (including phenoxy) is 1. The predicted molar refractivity (Wildman–Crippen MR) is 55.2 cm³/mol. The van der Waals surface area contributed by atoms with Crippen LogP contribution < -0.4 is 10.1 Å². The molecule has 1 aromatic rings. The topological polar surface area (TPSA) is 21.3 Å². The van der Waals surface area contributed by atoms with Gasteiger partial charge in [-0.1, -0.05) is 0 Å². The Kier molecular flexibility index (Phi) is 3.84. The van der Waals surface area contributed by atoms with Gasteiger partial charge in [0.1, 0.15) is 12.3 Å². The maximum Gasteiger partial charge on any atom is 0.405 e. The Morgan fingerprint density at radius 3 is 2.53 bits per heavy atom. The van der Waals surface area contributed by atoms with E-state index in [9.17, 15) is 13.2 Å². The summed E-state index contributed by atoms with van der Waals surface area (Å²) in [6.07, 6.45) is -4.22. The van der Waals surface area contributed by atoms with Crippen molar-refractivity contribution in [2.75, 3.05) is 19.0 Å². The van der Waals surface area contributed by atoms with Gasteiger partial charge in [-0.25, -0.2) is 0 Å². The summed E-state index contributed by atoms with van der Waals surface area (Å²) in [6, 6.07) is 4.64. The largest absolute Gasteiger partial charge is 0.496 e. The van der Waals surface area contributed by atoms with Gasteiger partial charge in [0.2, 0.25) is 0 Å². The third-order valence-corrected chi connectivity index (χ3v) is 2.26. The predicted octanol–water partition coefficient (Wildman–Crippen LogP) is 3.43. The van der Waals surface area contributed by atoms with Crippen LogP contribution in [0.15, 0.2) is 22.7 Å². The van der Waals surface area contributed by atoms with Crippen LogP contribution in [0.2, 0.25) is 0 Å². The molecule has 1 rings (SSSR count). The Hall–Kier alpha value is -0.910. The Labute approximate surface area is 93.6 Å². The molecule has 0 atom stereocenters. The summed E-state index contributed by atoms with van der Waals surface area (Å²) < 4.78 is 41.2. The molecule has 0 aliphatic carbocycles. The second-order valence-electron chi connectivity index (χ2n) is 2.82. The van der Waals surface area contributed by atoms with E-state index in [1.807, 2.05) is 0 Å². The highest BCUT2D eigenvalue weighted by Gasteiger charge is 2.26. The summed E-state index contributed by atoms with van der Waals surface area (Å²) in [5, 5.41) is 2.27. The van der Waals surface area contributed by atoms with E-state index in [-0.39, 0.29) is 0 Å². The number of halogens is 4. The van der Waals surface area contributed by atoms with E-state index in [4.69, 9.17) is 4.74 Å². The zero-order chi connectivity index (χ0) is 11.5. The fraction of sp³-hybridized carbons (Fsp3) is 0.333. The molecule has 1 aromatic carbocycles. The molecule has 0 aliphatic rings. The van der Waals surface area contributed by atoms with E-state index in [1.165, 1.54) is 19.2 Å². The maximum atomic E-state index is 11.9. The molecule has 0 amide bonds. The first kappa shape index (κ1) is 12.2. The van der Waals surface area contributed by atoms with Crippen molar-refractivity contribution in [2.45, 2.75) is 6.18 Å². The van der Waals surface area contributed by atoms with E-state index in [0.29, 0.717) is 15.9 Å². The number of hydrogen-bond donors (Lipinski definition) is 1. The molecule has 0 heterocycles. The van der Waals surface area contributed by atoms with Gasteiger partial charge >= 0.3 is 6.18 Å². The van der Waals surface area contributed by atoms with Crippen LogP contribution in [0.1, 0.15) is 0 Å². The zero-order valence-electron chi connectivity index (χ0n) is 7.86. The minimum absolute atomic E-state index is 0.389. The lowest BCUT2D eigenvalue weighted by Crippen LogP contribution is -2.21. The van der Waals surface area contributed by atoms with Crippen LogP contribution in [-0.4, -0.2) is 19.8 Å². The Morgan fingerprint density at radius 2 is 2.07 bits per heavy atom. The van der Waals surface area contributed by atoms with Crippen molar-refractivity contribution in [3.05, 3.63) is 22.7 Å². The summed E-state index contributed by atoms with van der Waals surface area (Å²) in [5.74, 6) is 0.576. The summed E-state index contributed by atoms with van der Waals surface area (Å²) >= 11 is 3.18. The molecular formula is C9H9BrF3NO. The molecule has 84 valence electrons. The fourth-order valence-corrected chi connectivity index (χ4v) is 1.52. The van der Waals surface area contributed by atoms with Crippen molar-refractivity contribution in [1.82, 2.24) is 0 Å². The third kappa shape index (κ3) is 3.99. The number of hydrogen-bond acceptors (Lipinski definition) is 2. The van der Waals surface area contributed by atoms with Gasteiger partial charge in [-0.05, 0) is 34.1 Å². The van der Waals surface area contributed by atoms with Crippen LogP contribution in [0.5, 0.6) is 5.75 Å². The molecule has 15 heavy (non-hydrogen) atoms. The van der Waals surface area contributed by atoms with Crippen molar-refractivity contribution < 1.29 is 17.9 Å². The molecule has 0 spiro atoms. The Balaban J connectivity index is 2.68. The van der Waals surface area contributed by atoms with Crippen molar-refractivity contribution in [2.24, 2.45) is 0 Å². The van der Waals surface area contributed by atoms with Gasteiger partial charge in [0.15, 0.2) is 0 Å². The maximum absolute atomic E-state index is 11.9. The molecule has 0 saturated carbocycles. The van der Waals surface area contributed by atoms with Crippen molar-refractivity contribution >= 4 is 21.6 Å². The van der Waals surface area contributed by atoms with Gasteiger partial charge in [-0.15, -0.1) is 0 Å². The molecular weight excluding hydrogens is 275 g/mol. The highest BCUT2D eigenvalue weighted by atomic mass is 79.9. The van der Waals surface area contributed by atoms with Gasteiger partial charge in [-0.3, -0.25) is 0 Å². The number of rotatable bonds is 3. The molecule has 6 heteroatoms. The van der Waals surface area contributed by atoms with E-state index in [1.54, 1.807) is 6.07 Å². The Bertz CT molecular complexity index is 341. The lowest BCUT2D eigenvalue weighted by Gasteiger charge is -2.10. The first-order valence-electron chi connectivity index (χ1n) is 4.06. The third-order valence-electron chi connectivity index (χ3n) is 1.64. The van der Waals surface area contributed by atoms with Crippen LogP contribution in [0.3, 0.4) is 0 Å². The molecule has 1 N–H and O–H groups in total. The summed E-state index contributed by atoms with van der Waals surface area (Å²) in [4.78, 5) is 0. The molecule has 0 aromatic heterocycles. The van der Waals surface area contributed by atoms with Gasteiger partial charge < -0.3 is 10.1 Å². The number of anilines is 1. The second-order valence-corrected chi connectivity index (χ2v) is 3.67. The van der Waals surface area contributed by atoms with Gasteiger partial charge in [0.05, 0.1) is 11.6 Å². The lowest BCUT2D eigenvalue weighted by molar-refractivity contribution is -0.115. The molecule has 0 bridgehead atoms. The normalized spacial score (nSPS) is 11.3. The summed E-state index contributed by atoms with van der Waals surface area (Å²) in [7, 11) is 1.49. The minimum Gasteiger partial charge on any atom is -0.496 e.